The molecule has 0 saturated heterocycles. The average Bonchev–Trinajstić information content (AvgIpc) is 2.13. The van der Waals surface area contributed by atoms with E-state index in [-0.39, 0.29) is 17.7 Å². The standard InChI is InChI=1S/C14H27NO3/c1-10(2)13(3,4)8-11(16)15(7)14(5,6)9-12(17)18/h10H,8-9H2,1-7H3,(H,17,18). The van der Waals surface area contributed by atoms with Crippen molar-refractivity contribution in [3.63, 3.8) is 0 Å². The summed E-state index contributed by atoms with van der Waals surface area (Å²) < 4.78 is 0. The molecule has 0 heterocycles. The van der Waals surface area contributed by atoms with E-state index >= 15 is 0 Å². The van der Waals surface area contributed by atoms with Gasteiger partial charge in [0.15, 0.2) is 0 Å². The first-order valence-electron chi connectivity index (χ1n) is 6.38. The summed E-state index contributed by atoms with van der Waals surface area (Å²) in [6.45, 7) is 11.9. The highest BCUT2D eigenvalue weighted by atomic mass is 16.4. The number of rotatable bonds is 6. The first-order valence-corrected chi connectivity index (χ1v) is 6.38. The largest absolute Gasteiger partial charge is 0.481 e. The van der Waals surface area contributed by atoms with Gasteiger partial charge in [-0.05, 0) is 25.2 Å². The van der Waals surface area contributed by atoms with Crippen LogP contribution in [0.2, 0.25) is 0 Å². The third-order valence-electron chi connectivity index (χ3n) is 4.04. The van der Waals surface area contributed by atoms with E-state index in [1.165, 1.54) is 0 Å². The number of hydrogen-bond acceptors (Lipinski definition) is 2. The lowest BCUT2D eigenvalue weighted by atomic mass is 9.77. The Kier molecular flexibility index (Phi) is 5.38. The normalized spacial score (nSPS) is 12.7. The van der Waals surface area contributed by atoms with Crippen LogP contribution in [0.4, 0.5) is 0 Å². The Morgan fingerprint density at radius 1 is 1.11 bits per heavy atom. The maximum atomic E-state index is 12.2. The van der Waals surface area contributed by atoms with Gasteiger partial charge in [0, 0.05) is 19.0 Å². The highest BCUT2D eigenvalue weighted by molar-refractivity contribution is 5.78. The third kappa shape index (κ3) is 4.67. The van der Waals surface area contributed by atoms with Crippen LogP contribution in [0.5, 0.6) is 0 Å². The quantitative estimate of drug-likeness (QED) is 0.796. The summed E-state index contributed by atoms with van der Waals surface area (Å²) in [6.07, 6.45) is 0.390. The van der Waals surface area contributed by atoms with Crippen molar-refractivity contribution in [1.29, 1.82) is 0 Å². The van der Waals surface area contributed by atoms with Crippen LogP contribution in [-0.2, 0) is 9.59 Å². The molecule has 0 aromatic rings. The van der Waals surface area contributed by atoms with Crippen LogP contribution in [0.1, 0.15) is 54.4 Å². The van der Waals surface area contributed by atoms with E-state index in [0.717, 1.165) is 0 Å². The second-order valence-electron chi connectivity index (χ2n) is 6.66. The number of carboxylic acids is 1. The van der Waals surface area contributed by atoms with Crippen molar-refractivity contribution in [3.8, 4) is 0 Å². The molecule has 0 aromatic heterocycles. The Balaban J connectivity index is 4.75. The molecule has 0 saturated carbocycles. The van der Waals surface area contributed by atoms with Gasteiger partial charge >= 0.3 is 5.97 Å². The van der Waals surface area contributed by atoms with Gasteiger partial charge in [-0.2, -0.15) is 0 Å². The number of carbonyl (C=O) groups is 2. The van der Waals surface area contributed by atoms with Crippen molar-refractivity contribution in [2.24, 2.45) is 11.3 Å². The molecule has 0 aliphatic heterocycles. The van der Waals surface area contributed by atoms with Gasteiger partial charge in [0.1, 0.15) is 0 Å². The van der Waals surface area contributed by atoms with E-state index in [4.69, 9.17) is 5.11 Å². The number of aliphatic carboxylic acids is 1. The van der Waals surface area contributed by atoms with Gasteiger partial charge in [0.2, 0.25) is 5.91 Å². The van der Waals surface area contributed by atoms with Crippen LogP contribution in [0, 0.1) is 11.3 Å². The summed E-state index contributed by atoms with van der Waals surface area (Å²) in [5, 5.41) is 8.86. The molecule has 1 amide bonds. The second-order valence-corrected chi connectivity index (χ2v) is 6.66. The maximum Gasteiger partial charge on any atom is 0.305 e. The topological polar surface area (TPSA) is 57.6 Å². The number of nitrogens with zero attached hydrogens (tertiary/aromatic N) is 1. The zero-order valence-corrected chi connectivity index (χ0v) is 12.7. The molecule has 0 bridgehead atoms. The van der Waals surface area contributed by atoms with Crippen molar-refractivity contribution in [2.75, 3.05) is 7.05 Å². The predicted molar refractivity (Wildman–Crippen MR) is 72.3 cm³/mol. The van der Waals surface area contributed by atoms with Crippen LogP contribution in [-0.4, -0.2) is 34.5 Å². The Bertz CT molecular complexity index is 319. The monoisotopic (exact) mass is 257 g/mol. The first kappa shape index (κ1) is 16.9. The molecule has 1 N–H and O–H groups in total. The van der Waals surface area contributed by atoms with Crippen molar-refractivity contribution in [3.05, 3.63) is 0 Å². The van der Waals surface area contributed by atoms with E-state index in [1.807, 2.05) is 0 Å². The molecule has 106 valence electrons. The summed E-state index contributed by atoms with van der Waals surface area (Å²) >= 11 is 0. The van der Waals surface area contributed by atoms with Crippen molar-refractivity contribution >= 4 is 11.9 Å². The van der Waals surface area contributed by atoms with Gasteiger partial charge in [0.05, 0.1) is 6.42 Å². The number of carbonyl (C=O) groups excluding carboxylic acids is 1. The van der Waals surface area contributed by atoms with Gasteiger partial charge in [-0.25, -0.2) is 0 Å². The highest BCUT2D eigenvalue weighted by Gasteiger charge is 2.34. The molecule has 4 nitrogen and oxygen atoms in total. The zero-order valence-electron chi connectivity index (χ0n) is 12.7. The van der Waals surface area contributed by atoms with Gasteiger partial charge in [-0.3, -0.25) is 9.59 Å². The fourth-order valence-corrected chi connectivity index (χ4v) is 1.54. The smallest absolute Gasteiger partial charge is 0.305 e. The molecule has 0 aliphatic rings. The van der Waals surface area contributed by atoms with E-state index in [0.29, 0.717) is 12.3 Å². The minimum atomic E-state index is -0.886. The van der Waals surface area contributed by atoms with Gasteiger partial charge in [0.25, 0.3) is 0 Å². The fourth-order valence-electron chi connectivity index (χ4n) is 1.54. The lowest BCUT2D eigenvalue weighted by Gasteiger charge is -2.37. The van der Waals surface area contributed by atoms with E-state index in [1.54, 1.807) is 25.8 Å². The lowest BCUT2D eigenvalue weighted by molar-refractivity contribution is -0.144. The van der Waals surface area contributed by atoms with E-state index in [2.05, 4.69) is 27.7 Å². The summed E-state index contributed by atoms with van der Waals surface area (Å²) in [6, 6.07) is 0. The molecular weight excluding hydrogens is 230 g/mol. The Hall–Kier alpha value is -1.06. The second kappa shape index (κ2) is 5.72. The summed E-state index contributed by atoms with van der Waals surface area (Å²) in [5.74, 6) is -0.486. The third-order valence-corrected chi connectivity index (χ3v) is 4.04. The molecular formula is C14H27NO3. The molecule has 4 heteroatoms. The Morgan fingerprint density at radius 3 is 1.89 bits per heavy atom. The van der Waals surface area contributed by atoms with Crippen LogP contribution >= 0.6 is 0 Å². The molecule has 0 rings (SSSR count). The summed E-state index contributed by atoms with van der Waals surface area (Å²) in [4.78, 5) is 24.6. The van der Waals surface area contributed by atoms with Crippen molar-refractivity contribution < 1.29 is 14.7 Å². The predicted octanol–water partition coefficient (Wildman–Crippen LogP) is 2.77. The fraction of sp³-hybridized carbons (Fsp3) is 0.857. The number of hydrogen-bond donors (Lipinski definition) is 1. The van der Waals surface area contributed by atoms with E-state index in [9.17, 15) is 9.59 Å². The Morgan fingerprint density at radius 2 is 1.56 bits per heavy atom. The molecule has 0 unspecified atom stereocenters. The molecule has 0 spiro atoms. The molecule has 0 radical (unpaired) electrons. The number of carboxylic acid groups (broad SMARTS) is 1. The van der Waals surface area contributed by atoms with Crippen LogP contribution in [0.15, 0.2) is 0 Å². The van der Waals surface area contributed by atoms with E-state index < -0.39 is 11.5 Å². The minimum Gasteiger partial charge on any atom is -0.481 e. The van der Waals surface area contributed by atoms with Crippen molar-refractivity contribution in [1.82, 2.24) is 4.90 Å². The molecule has 0 aromatic carbocycles. The van der Waals surface area contributed by atoms with Crippen LogP contribution in [0.25, 0.3) is 0 Å². The van der Waals surface area contributed by atoms with Crippen LogP contribution < -0.4 is 0 Å². The first-order chi connectivity index (χ1) is 7.90. The highest BCUT2D eigenvalue weighted by Crippen LogP contribution is 2.32. The molecule has 0 atom stereocenters. The van der Waals surface area contributed by atoms with Crippen LogP contribution in [0.3, 0.4) is 0 Å². The summed E-state index contributed by atoms with van der Waals surface area (Å²) in [5.41, 5.74) is -0.735. The SMILES string of the molecule is CC(C)C(C)(C)CC(=O)N(C)C(C)(C)CC(=O)O. The minimum absolute atomic E-state index is 0.0000463. The zero-order chi connectivity index (χ0) is 14.7. The maximum absolute atomic E-state index is 12.2. The number of amides is 1. The Labute approximate surface area is 110 Å². The summed E-state index contributed by atoms with van der Waals surface area (Å²) in [7, 11) is 1.68. The molecule has 0 fully saturated rings. The van der Waals surface area contributed by atoms with Crippen molar-refractivity contribution in [2.45, 2.75) is 59.9 Å². The van der Waals surface area contributed by atoms with Gasteiger partial charge < -0.3 is 10.0 Å². The van der Waals surface area contributed by atoms with Gasteiger partial charge in [-0.1, -0.05) is 27.7 Å². The molecule has 0 aliphatic carbocycles. The average molecular weight is 257 g/mol. The molecule has 18 heavy (non-hydrogen) atoms. The lowest BCUT2D eigenvalue weighted by Crippen LogP contribution is -2.47. The van der Waals surface area contributed by atoms with Gasteiger partial charge in [-0.15, -0.1) is 0 Å².